The predicted octanol–water partition coefficient (Wildman–Crippen LogP) is 2.68. The summed E-state index contributed by atoms with van der Waals surface area (Å²) < 4.78 is 9.73. The quantitative estimate of drug-likeness (QED) is 0.473. The Labute approximate surface area is 108 Å². The van der Waals surface area contributed by atoms with Crippen molar-refractivity contribution in [3.8, 4) is 0 Å². The van der Waals surface area contributed by atoms with Gasteiger partial charge in [0.05, 0.1) is 13.3 Å². The Morgan fingerprint density at radius 2 is 2.39 bits per heavy atom. The van der Waals surface area contributed by atoms with Crippen LogP contribution in [0.25, 0.3) is 0 Å². The minimum absolute atomic E-state index is 0.151. The van der Waals surface area contributed by atoms with E-state index in [2.05, 4.69) is 9.89 Å². The van der Waals surface area contributed by atoms with Crippen molar-refractivity contribution in [3.05, 3.63) is 46.0 Å². The summed E-state index contributed by atoms with van der Waals surface area (Å²) >= 11 is 1.57. The smallest absolute Gasteiger partial charge is 0.373 e. The molecule has 2 heterocycles. The molecule has 5 nitrogen and oxygen atoms in total. The zero-order chi connectivity index (χ0) is 12.8. The van der Waals surface area contributed by atoms with E-state index in [4.69, 9.17) is 9.25 Å². The van der Waals surface area contributed by atoms with Crippen LogP contribution in [0.3, 0.4) is 0 Å². The monoisotopic (exact) mass is 265 g/mol. The molecule has 0 N–H and O–H groups in total. The van der Waals surface area contributed by atoms with Gasteiger partial charge >= 0.3 is 5.97 Å². The maximum atomic E-state index is 11.1. The molecule has 2 aromatic rings. The summed E-state index contributed by atoms with van der Waals surface area (Å²) in [6, 6.07) is 7.04. The molecule has 0 unspecified atom stereocenters. The third-order valence-electron chi connectivity index (χ3n) is 2.05. The highest BCUT2D eigenvalue weighted by Crippen LogP contribution is 2.10. The second-order valence-electron chi connectivity index (χ2n) is 3.28. The minimum atomic E-state index is -0.511. The van der Waals surface area contributed by atoms with E-state index in [1.165, 1.54) is 13.2 Å². The molecule has 0 aliphatic heterocycles. The van der Waals surface area contributed by atoms with Gasteiger partial charge in [-0.1, -0.05) is 11.2 Å². The molecule has 2 rings (SSSR count). The first-order chi connectivity index (χ1) is 8.79. The van der Waals surface area contributed by atoms with Gasteiger partial charge in [0.25, 0.3) is 0 Å². The Kier molecular flexibility index (Phi) is 4.14. The van der Waals surface area contributed by atoms with Crippen molar-refractivity contribution < 1.29 is 18.8 Å². The molecule has 6 heteroatoms. The summed E-state index contributed by atoms with van der Waals surface area (Å²) in [4.78, 5) is 17.2. The van der Waals surface area contributed by atoms with Crippen LogP contribution in [-0.2, 0) is 16.2 Å². The van der Waals surface area contributed by atoms with Crippen LogP contribution >= 0.6 is 11.3 Å². The summed E-state index contributed by atoms with van der Waals surface area (Å²) in [6.45, 7) is 0.166. The van der Waals surface area contributed by atoms with Gasteiger partial charge in [-0.25, -0.2) is 4.79 Å². The fourth-order valence-electron chi connectivity index (χ4n) is 1.22. The number of hydrogen-bond donors (Lipinski definition) is 0. The van der Waals surface area contributed by atoms with Crippen molar-refractivity contribution in [1.82, 2.24) is 0 Å². The van der Waals surface area contributed by atoms with Gasteiger partial charge in [0.2, 0.25) is 5.76 Å². The first-order valence-corrected chi connectivity index (χ1v) is 6.03. The van der Waals surface area contributed by atoms with E-state index in [0.717, 1.165) is 4.88 Å². The Hall–Kier alpha value is -2.08. The molecule has 0 saturated carbocycles. The lowest BCUT2D eigenvalue weighted by Gasteiger charge is -1.95. The molecular formula is C12H11NO4S. The van der Waals surface area contributed by atoms with Crippen molar-refractivity contribution in [2.75, 3.05) is 7.11 Å². The van der Waals surface area contributed by atoms with E-state index in [-0.39, 0.29) is 12.4 Å². The third-order valence-corrected chi connectivity index (χ3v) is 2.86. The van der Waals surface area contributed by atoms with Gasteiger partial charge in [0.1, 0.15) is 5.76 Å². The first kappa shape index (κ1) is 12.4. The number of nitrogens with zero attached hydrogens (tertiary/aromatic N) is 1. The summed E-state index contributed by atoms with van der Waals surface area (Å²) in [5.74, 6) is 0.153. The highest BCUT2D eigenvalue weighted by atomic mass is 32.1. The normalized spacial score (nSPS) is 10.7. The zero-order valence-corrected chi connectivity index (χ0v) is 10.5. The molecule has 0 aliphatic rings. The van der Waals surface area contributed by atoms with E-state index in [9.17, 15) is 4.79 Å². The lowest BCUT2D eigenvalue weighted by atomic mass is 10.4. The van der Waals surface area contributed by atoms with Gasteiger partial charge in [-0.05, 0) is 23.6 Å². The molecule has 0 radical (unpaired) electrons. The summed E-state index contributed by atoms with van der Waals surface area (Å²) in [5.41, 5.74) is 0. The van der Waals surface area contributed by atoms with Crippen molar-refractivity contribution in [1.29, 1.82) is 0 Å². The number of hydrogen-bond acceptors (Lipinski definition) is 6. The molecule has 0 bridgehead atoms. The van der Waals surface area contributed by atoms with Crippen LogP contribution in [0.5, 0.6) is 0 Å². The van der Waals surface area contributed by atoms with Crippen LogP contribution in [0, 0.1) is 0 Å². The number of ether oxygens (including phenoxy) is 1. The van der Waals surface area contributed by atoms with Crippen LogP contribution in [0.2, 0.25) is 0 Å². The number of oxime groups is 1. The molecule has 18 heavy (non-hydrogen) atoms. The van der Waals surface area contributed by atoms with E-state index in [1.54, 1.807) is 23.6 Å². The standard InChI is InChI=1S/C12H11NO4S/c1-15-12(14)11-5-4-9(17-11)8-16-13-7-10-3-2-6-18-10/h2-7H,8H2,1H3. The minimum Gasteiger partial charge on any atom is -0.463 e. The largest absolute Gasteiger partial charge is 0.463 e. The molecule has 0 aromatic carbocycles. The second kappa shape index (κ2) is 6.02. The van der Waals surface area contributed by atoms with Gasteiger partial charge in [0.15, 0.2) is 6.61 Å². The number of esters is 1. The van der Waals surface area contributed by atoms with Gasteiger partial charge in [-0.3, -0.25) is 0 Å². The Balaban J connectivity index is 1.83. The van der Waals surface area contributed by atoms with Crippen molar-refractivity contribution in [2.45, 2.75) is 6.61 Å². The number of rotatable bonds is 5. The topological polar surface area (TPSA) is 61.0 Å². The Morgan fingerprint density at radius 3 is 3.11 bits per heavy atom. The molecular weight excluding hydrogens is 254 g/mol. The summed E-state index contributed by atoms with van der Waals surface area (Å²) in [6.07, 6.45) is 1.62. The number of methoxy groups -OCH3 is 1. The lowest BCUT2D eigenvalue weighted by molar-refractivity contribution is 0.0553. The molecule has 0 amide bonds. The maximum Gasteiger partial charge on any atom is 0.373 e. The van der Waals surface area contributed by atoms with Gasteiger partial charge in [-0.2, -0.15) is 0 Å². The molecule has 94 valence electrons. The maximum absolute atomic E-state index is 11.1. The van der Waals surface area contributed by atoms with Crippen LogP contribution in [0.4, 0.5) is 0 Å². The van der Waals surface area contributed by atoms with Gasteiger partial charge in [-0.15, -0.1) is 11.3 Å². The number of furan rings is 1. The van der Waals surface area contributed by atoms with Gasteiger partial charge < -0.3 is 14.0 Å². The molecule has 0 aliphatic carbocycles. The molecule has 0 saturated heterocycles. The average Bonchev–Trinajstić information content (AvgIpc) is 3.05. The molecule has 0 spiro atoms. The number of thiophene rings is 1. The van der Waals surface area contributed by atoms with E-state index in [0.29, 0.717) is 5.76 Å². The highest BCUT2D eigenvalue weighted by Gasteiger charge is 2.10. The Morgan fingerprint density at radius 1 is 1.50 bits per heavy atom. The van der Waals surface area contributed by atoms with Crippen molar-refractivity contribution in [2.24, 2.45) is 5.16 Å². The highest BCUT2D eigenvalue weighted by molar-refractivity contribution is 7.11. The first-order valence-electron chi connectivity index (χ1n) is 5.15. The molecule has 2 aromatic heterocycles. The molecule has 0 atom stereocenters. The Bertz CT molecular complexity index is 530. The second-order valence-corrected chi connectivity index (χ2v) is 4.26. The molecule has 0 fully saturated rings. The van der Waals surface area contributed by atoms with Crippen molar-refractivity contribution in [3.63, 3.8) is 0 Å². The fraction of sp³-hybridized carbons (Fsp3) is 0.167. The summed E-state index contributed by atoms with van der Waals surface area (Å²) in [5, 5.41) is 5.75. The van der Waals surface area contributed by atoms with Crippen LogP contribution in [0.15, 0.2) is 39.2 Å². The predicted molar refractivity (Wildman–Crippen MR) is 66.7 cm³/mol. The SMILES string of the molecule is COC(=O)c1ccc(CON=Cc2cccs2)o1. The lowest BCUT2D eigenvalue weighted by Crippen LogP contribution is -1.98. The fourth-order valence-corrected chi connectivity index (χ4v) is 1.80. The van der Waals surface area contributed by atoms with E-state index in [1.807, 2.05) is 17.5 Å². The zero-order valence-electron chi connectivity index (χ0n) is 9.66. The van der Waals surface area contributed by atoms with Gasteiger partial charge in [0, 0.05) is 4.88 Å². The number of carbonyl (C=O) groups is 1. The van der Waals surface area contributed by atoms with Crippen molar-refractivity contribution >= 4 is 23.5 Å². The van der Waals surface area contributed by atoms with Crippen LogP contribution in [0.1, 0.15) is 21.2 Å². The summed E-state index contributed by atoms with van der Waals surface area (Å²) in [7, 11) is 1.30. The van der Waals surface area contributed by atoms with Crippen LogP contribution < -0.4 is 0 Å². The van der Waals surface area contributed by atoms with E-state index < -0.39 is 5.97 Å². The van der Waals surface area contributed by atoms with Crippen LogP contribution in [-0.4, -0.2) is 19.3 Å². The third kappa shape index (κ3) is 3.21. The number of carbonyl (C=O) groups excluding carboxylic acids is 1. The van der Waals surface area contributed by atoms with E-state index >= 15 is 0 Å². The average molecular weight is 265 g/mol.